The van der Waals surface area contributed by atoms with Crippen LogP contribution in [0.15, 0.2) is 16.7 Å². The molecule has 15 heavy (non-hydrogen) atoms. The van der Waals surface area contributed by atoms with Crippen molar-refractivity contribution in [3.05, 3.63) is 16.7 Å². The summed E-state index contributed by atoms with van der Waals surface area (Å²) in [6.45, 7) is 4.38. The Morgan fingerprint density at radius 1 is 1.47 bits per heavy atom. The number of anilines is 2. The van der Waals surface area contributed by atoms with Gasteiger partial charge in [-0.1, -0.05) is 13.8 Å². The van der Waals surface area contributed by atoms with E-state index in [0.717, 1.165) is 23.1 Å². The third-order valence-electron chi connectivity index (χ3n) is 2.67. The molecule has 0 unspecified atom stereocenters. The van der Waals surface area contributed by atoms with E-state index in [1.165, 1.54) is 0 Å². The zero-order valence-corrected chi connectivity index (χ0v) is 11.1. The van der Waals surface area contributed by atoms with Crippen LogP contribution in [-0.4, -0.2) is 18.1 Å². The molecule has 0 aliphatic heterocycles. The first kappa shape index (κ1) is 12.3. The molecule has 0 saturated carbocycles. The van der Waals surface area contributed by atoms with Crippen molar-refractivity contribution in [3.8, 4) is 0 Å². The van der Waals surface area contributed by atoms with Crippen LogP contribution in [0, 0.1) is 0 Å². The lowest BCUT2D eigenvalue weighted by Crippen LogP contribution is -2.31. The smallest absolute Gasteiger partial charge is 0.143 e. The van der Waals surface area contributed by atoms with E-state index in [-0.39, 0.29) is 0 Å². The monoisotopic (exact) mass is 271 g/mol. The molecule has 3 nitrogen and oxygen atoms in total. The van der Waals surface area contributed by atoms with Crippen LogP contribution in [0.5, 0.6) is 0 Å². The largest absolute Gasteiger partial charge is 0.397 e. The molecule has 0 aliphatic rings. The number of nitrogens with two attached hydrogens (primary N) is 1. The van der Waals surface area contributed by atoms with Gasteiger partial charge in [-0.3, -0.25) is 0 Å². The van der Waals surface area contributed by atoms with Gasteiger partial charge in [-0.05, 0) is 34.8 Å². The number of hydrogen-bond acceptors (Lipinski definition) is 3. The average Bonchev–Trinajstić information content (AvgIpc) is 2.19. The predicted molar refractivity (Wildman–Crippen MR) is 69.1 cm³/mol. The molecule has 0 amide bonds. The highest BCUT2D eigenvalue weighted by Gasteiger charge is 2.14. The lowest BCUT2D eigenvalue weighted by molar-refractivity contribution is 0.586. The van der Waals surface area contributed by atoms with Crippen molar-refractivity contribution in [3.63, 3.8) is 0 Å². The van der Waals surface area contributed by atoms with Crippen molar-refractivity contribution in [2.75, 3.05) is 17.7 Å². The summed E-state index contributed by atoms with van der Waals surface area (Å²) >= 11 is 3.49. The molecular formula is C11H18BrN3. The first-order valence-corrected chi connectivity index (χ1v) is 6.03. The highest BCUT2D eigenvalue weighted by Crippen LogP contribution is 2.27. The fourth-order valence-electron chi connectivity index (χ4n) is 1.71. The molecule has 4 heteroatoms. The molecule has 0 aromatic carbocycles. The van der Waals surface area contributed by atoms with Gasteiger partial charge in [-0.15, -0.1) is 0 Å². The van der Waals surface area contributed by atoms with Gasteiger partial charge in [-0.25, -0.2) is 4.98 Å². The normalized spacial score (nSPS) is 10.7. The molecule has 0 radical (unpaired) electrons. The van der Waals surface area contributed by atoms with E-state index < -0.39 is 0 Å². The van der Waals surface area contributed by atoms with Gasteiger partial charge in [0.25, 0.3) is 0 Å². The molecule has 0 aliphatic carbocycles. The van der Waals surface area contributed by atoms with E-state index >= 15 is 0 Å². The Kier molecular flexibility index (Phi) is 4.39. The van der Waals surface area contributed by atoms with Crippen molar-refractivity contribution in [2.24, 2.45) is 0 Å². The van der Waals surface area contributed by atoms with Crippen molar-refractivity contribution < 1.29 is 0 Å². The molecule has 2 N–H and O–H groups in total. The zero-order valence-electron chi connectivity index (χ0n) is 9.50. The second-order valence-electron chi connectivity index (χ2n) is 3.66. The van der Waals surface area contributed by atoms with Crippen LogP contribution in [-0.2, 0) is 0 Å². The number of aromatic nitrogens is 1. The SMILES string of the molecule is CCC(CC)N(C)c1ncc(N)cc1Br. The highest BCUT2D eigenvalue weighted by atomic mass is 79.9. The summed E-state index contributed by atoms with van der Waals surface area (Å²) in [7, 11) is 2.07. The van der Waals surface area contributed by atoms with Gasteiger partial charge in [0.1, 0.15) is 5.82 Å². The Balaban J connectivity index is 2.94. The fourth-order valence-corrected chi connectivity index (χ4v) is 2.36. The van der Waals surface area contributed by atoms with Crippen LogP contribution in [0.1, 0.15) is 26.7 Å². The van der Waals surface area contributed by atoms with Crippen molar-refractivity contribution >= 4 is 27.4 Å². The van der Waals surface area contributed by atoms with E-state index in [2.05, 4.69) is 46.7 Å². The maximum Gasteiger partial charge on any atom is 0.143 e. The summed E-state index contributed by atoms with van der Waals surface area (Å²) in [5.41, 5.74) is 6.34. The van der Waals surface area contributed by atoms with Crippen LogP contribution in [0.4, 0.5) is 11.5 Å². The fraction of sp³-hybridized carbons (Fsp3) is 0.545. The summed E-state index contributed by atoms with van der Waals surface area (Å²) in [5.74, 6) is 0.956. The lowest BCUT2D eigenvalue weighted by atomic mass is 10.1. The van der Waals surface area contributed by atoms with Gasteiger partial charge in [0, 0.05) is 13.1 Å². The van der Waals surface area contributed by atoms with Crippen LogP contribution >= 0.6 is 15.9 Å². The molecule has 1 heterocycles. The Morgan fingerprint density at radius 3 is 2.53 bits per heavy atom. The number of nitrogens with zero attached hydrogens (tertiary/aromatic N) is 2. The minimum atomic E-state index is 0.525. The van der Waals surface area contributed by atoms with Crippen LogP contribution in [0.25, 0.3) is 0 Å². The van der Waals surface area contributed by atoms with Gasteiger partial charge < -0.3 is 10.6 Å². The Bertz CT molecular complexity index is 324. The molecular weight excluding hydrogens is 254 g/mol. The minimum absolute atomic E-state index is 0.525. The summed E-state index contributed by atoms with van der Waals surface area (Å²) in [6.07, 6.45) is 3.93. The minimum Gasteiger partial charge on any atom is -0.397 e. The van der Waals surface area contributed by atoms with Crippen LogP contribution in [0.2, 0.25) is 0 Å². The predicted octanol–water partition coefficient (Wildman–Crippen LogP) is 3.05. The Hall–Kier alpha value is -0.770. The maximum absolute atomic E-state index is 5.66. The van der Waals surface area contributed by atoms with Crippen molar-refractivity contribution in [1.82, 2.24) is 4.98 Å². The maximum atomic E-state index is 5.66. The number of pyridine rings is 1. The first-order valence-electron chi connectivity index (χ1n) is 5.24. The molecule has 0 bridgehead atoms. The topological polar surface area (TPSA) is 42.2 Å². The quantitative estimate of drug-likeness (QED) is 0.916. The molecule has 84 valence electrons. The molecule has 0 saturated heterocycles. The number of rotatable bonds is 4. The summed E-state index contributed by atoms with van der Waals surface area (Å²) in [5, 5.41) is 0. The number of hydrogen-bond donors (Lipinski definition) is 1. The lowest BCUT2D eigenvalue weighted by Gasteiger charge is -2.28. The standard InChI is InChI=1S/C11H18BrN3/c1-4-9(5-2)15(3)11-10(12)6-8(13)7-14-11/h6-7,9H,4-5,13H2,1-3H3. The van der Waals surface area contributed by atoms with E-state index in [0.29, 0.717) is 11.7 Å². The molecule has 1 aromatic rings. The summed E-state index contributed by atoms with van der Waals surface area (Å²) in [6, 6.07) is 2.42. The van der Waals surface area contributed by atoms with E-state index in [4.69, 9.17) is 5.73 Å². The molecule has 1 rings (SSSR count). The first-order chi connectivity index (χ1) is 7.10. The summed E-state index contributed by atoms with van der Waals surface area (Å²) in [4.78, 5) is 6.55. The third-order valence-corrected chi connectivity index (χ3v) is 3.25. The average molecular weight is 272 g/mol. The van der Waals surface area contributed by atoms with Crippen LogP contribution in [0.3, 0.4) is 0 Å². The van der Waals surface area contributed by atoms with E-state index in [1.807, 2.05) is 6.07 Å². The Labute approximate surface area is 99.8 Å². The molecule has 0 spiro atoms. The van der Waals surface area contributed by atoms with Crippen molar-refractivity contribution in [2.45, 2.75) is 32.7 Å². The van der Waals surface area contributed by atoms with Crippen molar-refractivity contribution in [1.29, 1.82) is 0 Å². The number of halogens is 1. The van der Waals surface area contributed by atoms with Gasteiger partial charge in [0.2, 0.25) is 0 Å². The summed E-state index contributed by atoms with van der Waals surface area (Å²) < 4.78 is 0.955. The van der Waals surface area contributed by atoms with Gasteiger partial charge in [0.05, 0.1) is 16.4 Å². The molecule has 1 aromatic heterocycles. The number of nitrogen functional groups attached to an aromatic ring is 1. The zero-order chi connectivity index (χ0) is 11.4. The van der Waals surface area contributed by atoms with E-state index in [9.17, 15) is 0 Å². The van der Waals surface area contributed by atoms with Gasteiger partial charge in [0.15, 0.2) is 0 Å². The van der Waals surface area contributed by atoms with Gasteiger partial charge >= 0.3 is 0 Å². The second kappa shape index (κ2) is 5.35. The third kappa shape index (κ3) is 2.84. The van der Waals surface area contributed by atoms with Gasteiger partial charge in [-0.2, -0.15) is 0 Å². The highest BCUT2D eigenvalue weighted by molar-refractivity contribution is 9.10. The molecule has 0 atom stereocenters. The second-order valence-corrected chi connectivity index (χ2v) is 4.51. The van der Waals surface area contributed by atoms with Crippen LogP contribution < -0.4 is 10.6 Å². The Morgan fingerprint density at radius 2 is 2.07 bits per heavy atom. The molecule has 0 fully saturated rings. The van der Waals surface area contributed by atoms with E-state index in [1.54, 1.807) is 6.20 Å².